The second-order valence-corrected chi connectivity index (χ2v) is 9.35. The molecule has 1 heterocycles. The van der Waals surface area contributed by atoms with E-state index in [0.29, 0.717) is 31.9 Å². The van der Waals surface area contributed by atoms with Crippen LogP contribution in [0.1, 0.15) is 21.9 Å². The van der Waals surface area contributed by atoms with Gasteiger partial charge in [-0.25, -0.2) is 5.43 Å². The Morgan fingerprint density at radius 3 is 2.40 bits per heavy atom. The Kier molecular flexibility index (Phi) is 6.78. The zero-order valence-electron chi connectivity index (χ0n) is 18.9. The van der Waals surface area contributed by atoms with Crippen molar-refractivity contribution in [3.05, 3.63) is 93.5 Å². The van der Waals surface area contributed by atoms with Crippen molar-refractivity contribution in [1.29, 1.82) is 0 Å². The van der Waals surface area contributed by atoms with Crippen LogP contribution in [-0.2, 0) is 9.53 Å². The first-order valence-electron chi connectivity index (χ1n) is 11.3. The van der Waals surface area contributed by atoms with Crippen molar-refractivity contribution in [1.82, 2.24) is 5.43 Å². The van der Waals surface area contributed by atoms with E-state index in [1.165, 1.54) is 40.6 Å². The number of carbonyl (C=O) groups excluding carboxylic acids is 1. The lowest BCUT2D eigenvalue weighted by molar-refractivity contribution is -0.384. The minimum atomic E-state index is -0.438. The van der Waals surface area contributed by atoms with E-state index in [1.54, 1.807) is 17.8 Å². The van der Waals surface area contributed by atoms with Gasteiger partial charge in [-0.2, -0.15) is 5.10 Å². The number of nitro benzene ring substituents is 1. The van der Waals surface area contributed by atoms with Gasteiger partial charge in [-0.1, -0.05) is 48.5 Å². The number of hydrogen-bond acceptors (Lipinski definition) is 7. The Labute approximate surface area is 207 Å². The number of rotatable bonds is 7. The molecule has 0 aromatic heterocycles. The van der Waals surface area contributed by atoms with Gasteiger partial charge in [-0.05, 0) is 28.3 Å². The van der Waals surface area contributed by atoms with Gasteiger partial charge in [-0.15, -0.1) is 11.8 Å². The van der Waals surface area contributed by atoms with Gasteiger partial charge in [0, 0.05) is 36.5 Å². The van der Waals surface area contributed by atoms with Gasteiger partial charge in [-0.3, -0.25) is 14.9 Å². The molecule has 35 heavy (non-hydrogen) atoms. The Bertz CT molecular complexity index is 1240. The van der Waals surface area contributed by atoms with Gasteiger partial charge in [0.25, 0.3) is 5.69 Å². The molecule has 1 fully saturated rings. The van der Waals surface area contributed by atoms with Gasteiger partial charge in [0.15, 0.2) is 0 Å². The zero-order valence-corrected chi connectivity index (χ0v) is 19.7. The fourth-order valence-electron chi connectivity index (χ4n) is 4.51. The summed E-state index contributed by atoms with van der Waals surface area (Å²) in [6, 6.07) is 21.2. The molecule has 1 amide bonds. The maximum absolute atomic E-state index is 12.6. The van der Waals surface area contributed by atoms with E-state index in [2.05, 4.69) is 39.7 Å². The van der Waals surface area contributed by atoms with E-state index in [9.17, 15) is 14.9 Å². The first-order chi connectivity index (χ1) is 17.1. The highest BCUT2D eigenvalue weighted by Crippen LogP contribution is 2.49. The number of nitrogens with one attached hydrogen (secondary N) is 1. The number of nitrogens with zero attached hydrogens (tertiary/aromatic N) is 3. The van der Waals surface area contributed by atoms with Crippen LogP contribution in [0.4, 0.5) is 11.4 Å². The predicted octanol–water partition coefficient (Wildman–Crippen LogP) is 4.38. The van der Waals surface area contributed by atoms with Crippen molar-refractivity contribution < 1.29 is 14.5 Å². The summed E-state index contributed by atoms with van der Waals surface area (Å²) in [4.78, 5) is 25.5. The SMILES string of the molecule is O=C(CSC1c2ccccc2-c2ccccc21)N/N=C\c1cc([N+](=O)[O-])ccc1N1CCOCC1. The number of nitro groups is 1. The number of hydrazone groups is 1. The zero-order chi connectivity index (χ0) is 24.2. The van der Waals surface area contributed by atoms with E-state index in [-0.39, 0.29) is 22.6 Å². The van der Waals surface area contributed by atoms with E-state index >= 15 is 0 Å². The first kappa shape index (κ1) is 23.1. The Morgan fingerprint density at radius 1 is 1.09 bits per heavy atom. The third kappa shape index (κ3) is 4.91. The summed E-state index contributed by atoms with van der Waals surface area (Å²) >= 11 is 1.56. The fraction of sp³-hybridized carbons (Fsp3) is 0.231. The average Bonchev–Trinajstić information content (AvgIpc) is 3.21. The standard InChI is InChI=1S/C26H24N4O4S/c31-25(17-35-26-22-7-3-1-5-20(22)21-6-2-4-8-23(21)26)28-27-16-18-15-19(30(32)33)9-10-24(18)29-11-13-34-14-12-29/h1-10,15-16,26H,11-14,17H2,(H,28,31)/b27-16-. The van der Waals surface area contributed by atoms with Crippen molar-refractivity contribution in [3.8, 4) is 11.1 Å². The molecule has 8 nitrogen and oxygen atoms in total. The molecular weight excluding hydrogens is 464 g/mol. The highest BCUT2D eigenvalue weighted by atomic mass is 32.2. The molecule has 5 rings (SSSR count). The number of amides is 1. The molecule has 9 heteroatoms. The van der Waals surface area contributed by atoms with Crippen LogP contribution in [0.25, 0.3) is 11.1 Å². The quantitative estimate of drug-likeness (QED) is 0.301. The molecule has 0 radical (unpaired) electrons. The number of fused-ring (bicyclic) bond motifs is 3. The molecule has 2 aliphatic rings. The summed E-state index contributed by atoms with van der Waals surface area (Å²) in [6.07, 6.45) is 1.47. The van der Waals surface area contributed by atoms with Gasteiger partial charge >= 0.3 is 0 Å². The molecular formula is C26H24N4O4S. The van der Waals surface area contributed by atoms with Crippen LogP contribution in [0.2, 0.25) is 0 Å². The molecule has 1 aliphatic heterocycles. The first-order valence-corrected chi connectivity index (χ1v) is 12.4. The third-order valence-electron chi connectivity index (χ3n) is 6.12. The summed E-state index contributed by atoms with van der Waals surface area (Å²) < 4.78 is 5.41. The van der Waals surface area contributed by atoms with Gasteiger partial charge < -0.3 is 9.64 Å². The van der Waals surface area contributed by atoms with Gasteiger partial charge in [0.05, 0.1) is 35.4 Å². The van der Waals surface area contributed by atoms with Crippen molar-refractivity contribution in [3.63, 3.8) is 0 Å². The molecule has 0 saturated carbocycles. The number of ether oxygens (including phenoxy) is 1. The molecule has 3 aromatic rings. The van der Waals surface area contributed by atoms with E-state index in [4.69, 9.17) is 4.74 Å². The van der Waals surface area contributed by atoms with Crippen LogP contribution in [0.15, 0.2) is 71.8 Å². The molecule has 0 unspecified atom stereocenters. The topological polar surface area (TPSA) is 97.1 Å². The van der Waals surface area contributed by atoms with Crippen LogP contribution in [0.5, 0.6) is 0 Å². The lowest BCUT2D eigenvalue weighted by atomic mass is 10.1. The monoisotopic (exact) mass is 488 g/mol. The van der Waals surface area contributed by atoms with Crippen molar-refractivity contribution >= 4 is 35.3 Å². The number of hydrogen-bond donors (Lipinski definition) is 1. The minimum absolute atomic E-state index is 0.0242. The van der Waals surface area contributed by atoms with E-state index < -0.39 is 4.92 Å². The van der Waals surface area contributed by atoms with Crippen molar-refractivity contribution in [2.75, 3.05) is 37.0 Å². The van der Waals surface area contributed by atoms with Crippen LogP contribution in [-0.4, -0.2) is 49.1 Å². The maximum atomic E-state index is 12.6. The minimum Gasteiger partial charge on any atom is -0.378 e. The summed E-state index contributed by atoms with van der Waals surface area (Å²) in [5.41, 5.74) is 8.79. The van der Waals surface area contributed by atoms with Gasteiger partial charge in [0.1, 0.15) is 0 Å². The number of carbonyl (C=O) groups is 1. The molecule has 1 aliphatic carbocycles. The Hall–Kier alpha value is -3.69. The van der Waals surface area contributed by atoms with Crippen molar-refractivity contribution in [2.24, 2.45) is 5.10 Å². The third-order valence-corrected chi connectivity index (χ3v) is 7.39. The molecule has 1 N–H and O–H groups in total. The molecule has 3 aromatic carbocycles. The fourth-order valence-corrected chi connectivity index (χ4v) is 5.66. The van der Waals surface area contributed by atoms with Crippen molar-refractivity contribution in [2.45, 2.75) is 5.25 Å². The molecule has 1 saturated heterocycles. The Balaban J connectivity index is 1.26. The van der Waals surface area contributed by atoms with E-state index in [1.807, 2.05) is 24.3 Å². The highest BCUT2D eigenvalue weighted by molar-refractivity contribution is 8.00. The second kappa shape index (κ2) is 10.3. The van der Waals surface area contributed by atoms with Crippen LogP contribution >= 0.6 is 11.8 Å². The predicted molar refractivity (Wildman–Crippen MR) is 138 cm³/mol. The van der Waals surface area contributed by atoms with Crippen LogP contribution in [0.3, 0.4) is 0 Å². The molecule has 0 spiro atoms. The highest BCUT2D eigenvalue weighted by Gasteiger charge is 2.28. The average molecular weight is 489 g/mol. The largest absolute Gasteiger partial charge is 0.378 e. The second-order valence-electron chi connectivity index (χ2n) is 8.26. The summed E-state index contributed by atoms with van der Waals surface area (Å²) in [5.74, 6) is 0.00195. The number of benzene rings is 3. The number of anilines is 1. The smallest absolute Gasteiger partial charge is 0.270 e. The van der Waals surface area contributed by atoms with Crippen LogP contribution < -0.4 is 10.3 Å². The normalized spacial score (nSPS) is 15.1. The van der Waals surface area contributed by atoms with E-state index in [0.717, 1.165) is 5.69 Å². The molecule has 0 bridgehead atoms. The maximum Gasteiger partial charge on any atom is 0.270 e. The van der Waals surface area contributed by atoms with Crippen LogP contribution in [0, 0.1) is 10.1 Å². The lowest BCUT2D eigenvalue weighted by Gasteiger charge is -2.29. The summed E-state index contributed by atoms with van der Waals surface area (Å²) in [6.45, 7) is 2.56. The summed E-state index contributed by atoms with van der Waals surface area (Å²) in [7, 11) is 0. The lowest BCUT2D eigenvalue weighted by Crippen LogP contribution is -2.36. The van der Waals surface area contributed by atoms with Gasteiger partial charge in [0.2, 0.25) is 5.91 Å². The Morgan fingerprint density at radius 2 is 1.74 bits per heavy atom. The number of thioether (sulfide) groups is 1. The summed E-state index contributed by atoms with van der Waals surface area (Å²) in [5, 5.41) is 15.5. The number of morpholine rings is 1. The number of non-ortho nitro benzene ring substituents is 1. The molecule has 0 atom stereocenters. The molecule has 178 valence electrons.